The van der Waals surface area contributed by atoms with Crippen LogP contribution in [-0.2, 0) is 12.8 Å². The highest BCUT2D eigenvalue weighted by atomic mass is 32.2. The third kappa shape index (κ3) is 2.44. The summed E-state index contributed by atoms with van der Waals surface area (Å²) in [6, 6.07) is 4.39. The van der Waals surface area contributed by atoms with Gasteiger partial charge in [0.05, 0.1) is 0 Å². The van der Waals surface area contributed by atoms with Gasteiger partial charge < -0.3 is 5.73 Å². The molecule has 2 N–H and O–H groups in total. The third-order valence-corrected chi connectivity index (χ3v) is 3.25. The lowest BCUT2D eigenvalue weighted by molar-refractivity contribution is 0.897. The Morgan fingerprint density at radius 3 is 2.43 bits per heavy atom. The highest BCUT2D eigenvalue weighted by Gasteiger charge is 2.05. The number of hydrogen-bond acceptors (Lipinski definition) is 2. The van der Waals surface area contributed by atoms with Gasteiger partial charge in [-0.15, -0.1) is 11.8 Å². The Labute approximate surface area is 91.1 Å². The molecule has 0 amide bonds. The predicted octanol–water partition coefficient (Wildman–Crippen LogP) is 3.51. The van der Waals surface area contributed by atoms with E-state index in [0.29, 0.717) is 0 Å². The molecule has 0 aromatic heterocycles. The second-order valence-corrected chi connectivity index (χ2v) is 4.31. The molecule has 1 rings (SSSR count). The van der Waals surface area contributed by atoms with Crippen molar-refractivity contribution in [3.8, 4) is 0 Å². The van der Waals surface area contributed by atoms with Crippen molar-refractivity contribution in [1.29, 1.82) is 0 Å². The number of nitrogens with two attached hydrogens (primary N) is 1. The van der Waals surface area contributed by atoms with Gasteiger partial charge in [0.25, 0.3) is 0 Å². The minimum atomic E-state index is 0.929. The minimum Gasteiger partial charge on any atom is -0.398 e. The molecule has 0 bridgehead atoms. The van der Waals surface area contributed by atoms with E-state index in [0.717, 1.165) is 18.5 Å². The molecule has 14 heavy (non-hydrogen) atoms. The van der Waals surface area contributed by atoms with Crippen LogP contribution in [0.2, 0.25) is 0 Å². The summed E-state index contributed by atoms with van der Waals surface area (Å²) in [6.07, 6.45) is 5.50. The summed E-state index contributed by atoms with van der Waals surface area (Å²) in [5, 5.41) is 0. The van der Waals surface area contributed by atoms with Gasteiger partial charge in [0, 0.05) is 10.6 Å². The van der Waals surface area contributed by atoms with Crippen molar-refractivity contribution in [2.24, 2.45) is 0 Å². The summed E-state index contributed by atoms with van der Waals surface area (Å²) in [6.45, 7) is 4.41. The van der Waals surface area contributed by atoms with Crippen molar-refractivity contribution in [3.05, 3.63) is 23.3 Å². The molecule has 0 radical (unpaired) electrons. The van der Waals surface area contributed by atoms with Crippen LogP contribution in [0, 0.1) is 0 Å². The van der Waals surface area contributed by atoms with E-state index in [-0.39, 0.29) is 0 Å². The highest BCUT2D eigenvalue weighted by Crippen LogP contribution is 2.27. The summed E-state index contributed by atoms with van der Waals surface area (Å²) in [5.74, 6) is 0. The van der Waals surface area contributed by atoms with Crippen LogP contribution in [-0.4, -0.2) is 6.26 Å². The molecule has 0 aliphatic heterocycles. The summed E-state index contributed by atoms with van der Waals surface area (Å²) < 4.78 is 0. The molecule has 2 heteroatoms. The molecule has 0 fully saturated rings. The summed E-state index contributed by atoms with van der Waals surface area (Å²) in [7, 11) is 0. The Bertz CT molecular complexity index is 307. The van der Waals surface area contributed by atoms with Gasteiger partial charge in [-0.25, -0.2) is 0 Å². The Morgan fingerprint density at radius 1 is 1.21 bits per heavy atom. The molecule has 78 valence electrons. The van der Waals surface area contributed by atoms with Gasteiger partial charge in [0.1, 0.15) is 0 Å². The monoisotopic (exact) mass is 209 g/mol. The van der Waals surface area contributed by atoms with Gasteiger partial charge in [-0.05, 0) is 42.4 Å². The van der Waals surface area contributed by atoms with Gasteiger partial charge in [-0.2, -0.15) is 0 Å². The Hall–Kier alpha value is -0.630. The van der Waals surface area contributed by atoms with Gasteiger partial charge >= 0.3 is 0 Å². The van der Waals surface area contributed by atoms with Crippen molar-refractivity contribution in [2.75, 3.05) is 12.0 Å². The number of aryl methyl sites for hydroxylation is 2. The van der Waals surface area contributed by atoms with Crippen molar-refractivity contribution in [2.45, 2.75) is 38.0 Å². The topological polar surface area (TPSA) is 26.0 Å². The zero-order valence-corrected chi connectivity index (χ0v) is 10.1. The highest BCUT2D eigenvalue weighted by molar-refractivity contribution is 7.98. The largest absolute Gasteiger partial charge is 0.398 e. The van der Waals surface area contributed by atoms with Gasteiger partial charge in [-0.1, -0.05) is 20.3 Å². The molecule has 0 aliphatic rings. The predicted molar refractivity (Wildman–Crippen MR) is 66.0 cm³/mol. The van der Waals surface area contributed by atoms with E-state index >= 15 is 0 Å². The fourth-order valence-electron chi connectivity index (χ4n) is 1.69. The van der Waals surface area contributed by atoms with Crippen LogP contribution in [0.15, 0.2) is 17.0 Å². The molecule has 0 aliphatic carbocycles. The first-order chi connectivity index (χ1) is 6.72. The second-order valence-electron chi connectivity index (χ2n) is 3.47. The number of rotatable bonds is 4. The van der Waals surface area contributed by atoms with E-state index in [1.165, 1.54) is 22.4 Å². The number of hydrogen-bond donors (Lipinski definition) is 1. The number of anilines is 1. The van der Waals surface area contributed by atoms with Crippen LogP contribution < -0.4 is 5.73 Å². The average molecular weight is 209 g/mol. The Morgan fingerprint density at radius 2 is 1.93 bits per heavy atom. The standard InChI is InChI=1S/C12H19NS/c1-4-6-10-7-11(13)12(14-3)8-9(10)5-2/h7-8H,4-6,13H2,1-3H3. The van der Waals surface area contributed by atoms with Gasteiger partial charge in [-0.3, -0.25) is 0 Å². The SMILES string of the molecule is CCCc1cc(N)c(SC)cc1CC. The van der Waals surface area contributed by atoms with Crippen molar-refractivity contribution in [3.63, 3.8) is 0 Å². The fourth-order valence-corrected chi connectivity index (χ4v) is 2.25. The second kappa shape index (κ2) is 5.30. The Balaban J connectivity index is 3.10. The third-order valence-electron chi connectivity index (χ3n) is 2.45. The van der Waals surface area contributed by atoms with Crippen LogP contribution in [0.5, 0.6) is 0 Å². The number of nitrogen functional groups attached to an aromatic ring is 1. The number of benzene rings is 1. The van der Waals surface area contributed by atoms with E-state index < -0.39 is 0 Å². The molecular weight excluding hydrogens is 190 g/mol. The molecule has 1 nitrogen and oxygen atoms in total. The lowest BCUT2D eigenvalue weighted by Crippen LogP contribution is -1.97. The summed E-state index contributed by atoms with van der Waals surface area (Å²) >= 11 is 1.73. The molecule has 1 aromatic rings. The smallest absolute Gasteiger partial charge is 0.0455 e. The summed E-state index contributed by atoms with van der Waals surface area (Å²) in [4.78, 5) is 1.21. The zero-order valence-electron chi connectivity index (χ0n) is 9.26. The van der Waals surface area contributed by atoms with E-state index in [1.54, 1.807) is 11.8 Å². The maximum Gasteiger partial charge on any atom is 0.0455 e. The molecule has 1 aromatic carbocycles. The van der Waals surface area contributed by atoms with Crippen LogP contribution >= 0.6 is 11.8 Å². The van der Waals surface area contributed by atoms with Gasteiger partial charge in [0.2, 0.25) is 0 Å². The van der Waals surface area contributed by atoms with Crippen molar-refractivity contribution < 1.29 is 0 Å². The Kier molecular flexibility index (Phi) is 4.33. The molecule has 0 spiro atoms. The van der Waals surface area contributed by atoms with E-state index in [4.69, 9.17) is 5.73 Å². The van der Waals surface area contributed by atoms with E-state index in [1.807, 2.05) is 0 Å². The first kappa shape index (κ1) is 11.4. The van der Waals surface area contributed by atoms with Crippen LogP contribution in [0.1, 0.15) is 31.4 Å². The van der Waals surface area contributed by atoms with Crippen LogP contribution in [0.4, 0.5) is 5.69 Å². The maximum absolute atomic E-state index is 5.96. The zero-order chi connectivity index (χ0) is 10.6. The first-order valence-electron chi connectivity index (χ1n) is 5.18. The van der Waals surface area contributed by atoms with Crippen molar-refractivity contribution in [1.82, 2.24) is 0 Å². The lowest BCUT2D eigenvalue weighted by atomic mass is 10.0. The summed E-state index contributed by atoms with van der Waals surface area (Å²) in [5.41, 5.74) is 9.76. The quantitative estimate of drug-likeness (QED) is 0.606. The normalized spacial score (nSPS) is 10.5. The number of thioether (sulfide) groups is 1. The molecule has 0 saturated heterocycles. The molecule has 0 saturated carbocycles. The molecular formula is C12H19NS. The van der Waals surface area contributed by atoms with Crippen molar-refractivity contribution >= 4 is 17.4 Å². The van der Waals surface area contributed by atoms with E-state index in [2.05, 4.69) is 32.2 Å². The fraction of sp³-hybridized carbons (Fsp3) is 0.500. The van der Waals surface area contributed by atoms with Gasteiger partial charge in [0.15, 0.2) is 0 Å². The molecule has 0 heterocycles. The molecule has 0 unspecified atom stereocenters. The first-order valence-corrected chi connectivity index (χ1v) is 6.40. The maximum atomic E-state index is 5.96. The average Bonchev–Trinajstić information content (AvgIpc) is 2.19. The molecule has 0 atom stereocenters. The lowest BCUT2D eigenvalue weighted by Gasteiger charge is -2.11. The van der Waals surface area contributed by atoms with Crippen LogP contribution in [0.25, 0.3) is 0 Å². The van der Waals surface area contributed by atoms with E-state index in [9.17, 15) is 0 Å². The van der Waals surface area contributed by atoms with Crippen LogP contribution in [0.3, 0.4) is 0 Å². The minimum absolute atomic E-state index is 0.929.